The average Bonchev–Trinajstić information content (AvgIpc) is 2.24. The van der Waals surface area contributed by atoms with E-state index in [-0.39, 0.29) is 6.54 Å². The molecule has 1 aliphatic rings. The molecule has 0 aromatic rings. The predicted molar refractivity (Wildman–Crippen MR) is 74.6 cm³/mol. The van der Waals surface area contributed by atoms with E-state index in [1.54, 1.807) is 0 Å². The largest absolute Gasteiger partial charge is 0.480 e. The van der Waals surface area contributed by atoms with Gasteiger partial charge in [-0.25, -0.2) is 0 Å². The van der Waals surface area contributed by atoms with Crippen LogP contribution in [0.1, 0.15) is 53.9 Å². The van der Waals surface area contributed by atoms with Gasteiger partial charge in [0.1, 0.15) is 0 Å². The molecule has 0 amide bonds. The molecule has 0 aromatic heterocycles. The minimum absolute atomic E-state index is 0.179. The molecule has 1 fully saturated rings. The highest BCUT2D eigenvalue weighted by Gasteiger charge is 2.36. The molecule has 3 atom stereocenters. The highest BCUT2D eigenvalue weighted by molar-refractivity contribution is 5.69. The van der Waals surface area contributed by atoms with Crippen LogP contribution in [0.2, 0.25) is 0 Å². The molecule has 3 unspecified atom stereocenters. The first-order valence-electron chi connectivity index (χ1n) is 7.30. The Morgan fingerprint density at radius 2 is 1.89 bits per heavy atom. The van der Waals surface area contributed by atoms with E-state index in [0.29, 0.717) is 23.9 Å². The molecule has 1 aliphatic carbocycles. The van der Waals surface area contributed by atoms with Crippen LogP contribution in [0, 0.1) is 17.8 Å². The number of carbonyl (C=O) groups is 1. The summed E-state index contributed by atoms with van der Waals surface area (Å²) in [6.45, 7) is 11.2. The molecule has 3 heteroatoms. The second-order valence-corrected chi connectivity index (χ2v) is 6.55. The SMILES string of the molecule is CC1CCC(C(C)C)C(N(CC(=O)O)C(C)C)C1. The Morgan fingerprint density at radius 3 is 2.33 bits per heavy atom. The highest BCUT2D eigenvalue weighted by Crippen LogP contribution is 2.37. The molecular formula is C15H29NO2. The van der Waals surface area contributed by atoms with Gasteiger partial charge in [-0.3, -0.25) is 9.69 Å². The molecule has 0 radical (unpaired) electrons. The minimum Gasteiger partial charge on any atom is -0.480 e. The molecule has 0 heterocycles. The van der Waals surface area contributed by atoms with Crippen LogP contribution in [0.25, 0.3) is 0 Å². The molecule has 0 saturated heterocycles. The van der Waals surface area contributed by atoms with Gasteiger partial charge in [-0.2, -0.15) is 0 Å². The third-order valence-corrected chi connectivity index (χ3v) is 4.39. The predicted octanol–water partition coefficient (Wildman–Crippen LogP) is 3.24. The number of hydrogen-bond acceptors (Lipinski definition) is 2. The van der Waals surface area contributed by atoms with E-state index in [1.165, 1.54) is 12.8 Å². The van der Waals surface area contributed by atoms with Gasteiger partial charge >= 0.3 is 5.97 Å². The normalized spacial score (nSPS) is 29.2. The van der Waals surface area contributed by atoms with Crippen molar-refractivity contribution in [2.24, 2.45) is 17.8 Å². The number of nitrogens with zero attached hydrogens (tertiary/aromatic N) is 1. The molecular weight excluding hydrogens is 226 g/mol. The summed E-state index contributed by atoms with van der Waals surface area (Å²) in [5, 5.41) is 9.11. The second kappa shape index (κ2) is 6.55. The number of aliphatic carboxylic acids is 1. The fraction of sp³-hybridized carbons (Fsp3) is 0.933. The van der Waals surface area contributed by atoms with Gasteiger partial charge in [-0.1, -0.05) is 27.2 Å². The molecule has 0 bridgehead atoms. The summed E-state index contributed by atoms with van der Waals surface area (Å²) in [6.07, 6.45) is 3.68. The standard InChI is InChI=1S/C15H29NO2/c1-10(2)13-7-6-12(5)8-14(13)16(11(3)4)9-15(17)18/h10-14H,6-9H2,1-5H3,(H,17,18). The van der Waals surface area contributed by atoms with Crippen molar-refractivity contribution in [1.82, 2.24) is 4.90 Å². The van der Waals surface area contributed by atoms with Gasteiger partial charge in [0, 0.05) is 12.1 Å². The van der Waals surface area contributed by atoms with Crippen molar-refractivity contribution in [3.8, 4) is 0 Å². The first kappa shape index (κ1) is 15.5. The van der Waals surface area contributed by atoms with E-state index in [1.807, 2.05) is 0 Å². The maximum absolute atomic E-state index is 11.1. The van der Waals surface area contributed by atoms with Crippen LogP contribution >= 0.6 is 0 Å². The zero-order valence-corrected chi connectivity index (χ0v) is 12.5. The van der Waals surface area contributed by atoms with Gasteiger partial charge in [-0.05, 0) is 44.4 Å². The molecule has 1 N–H and O–H groups in total. The minimum atomic E-state index is -0.704. The molecule has 18 heavy (non-hydrogen) atoms. The molecule has 0 aliphatic heterocycles. The monoisotopic (exact) mass is 255 g/mol. The van der Waals surface area contributed by atoms with Crippen molar-refractivity contribution < 1.29 is 9.90 Å². The Labute approximate surface area is 112 Å². The van der Waals surface area contributed by atoms with Crippen LogP contribution in [-0.4, -0.2) is 34.6 Å². The third kappa shape index (κ3) is 3.98. The summed E-state index contributed by atoms with van der Waals surface area (Å²) in [4.78, 5) is 13.3. The lowest BCUT2D eigenvalue weighted by Crippen LogP contribution is -2.50. The fourth-order valence-electron chi connectivity index (χ4n) is 3.37. The molecule has 3 nitrogen and oxygen atoms in total. The van der Waals surface area contributed by atoms with Crippen LogP contribution in [0.3, 0.4) is 0 Å². The zero-order valence-electron chi connectivity index (χ0n) is 12.5. The van der Waals surface area contributed by atoms with Crippen molar-refractivity contribution in [2.45, 2.75) is 66.0 Å². The maximum atomic E-state index is 11.1. The van der Waals surface area contributed by atoms with Crippen molar-refractivity contribution in [2.75, 3.05) is 6.54 Å². The lowest BCUT2D eigenvalue weighted by molar-refractivity contribution is -0.140. The first-order chi connectivity index (χ1) is 8.32. The smallest absolute Gasteiger partial charge is 0.317 e. The first-order valence-corrected chi connectivity index (χ1v) is 7.30. The molecule has 106 valence electrons. The van der Waals surface area contributed by atoms with Crippen molar-refractivity contribution in [1.29, 1.82) is 0 Å². The van der Waals surface area contributed by atoms with E-state index in [2.05, 4.69) is 39.5 Å². The summed E-state index contributed by atoms with van der Waals surface area (Å²) in [5.41, 5.74) is 0. The Hall–Kier alpha value is -0.570. The Morgan fingerprint density at radius 1 is 1.28 bits per heavy atom. The van der Waals surface area contributed by atoms with Gasteiger partial charge in [0.15, 0.2) is 0 Å². The number of rotatable bonds is 5. The van der Waals surface area contributed by atoms with E-state index in [9.17, 15) is 4.79 Å². The second-order valence-electron chi connectivity index (χ2n) is 6.55. The van der Waals surface area contributed by atoms with Crippen LogP contribution in [0.5, 0.6) is 0 Å². The van der Waals surface area contributed by atoms with Crippen molar-refractivity contribution in [3.05, 3.63) is 0 Å². The van der Waals surface area contributed by atoms with Gasteiger partial charge < -0.3 is 5.11 Å². The Bertz CT molecular complexity index is 276. The summed E-state index contributed by atoms with van der Waals surface area (Å²) in [7, 11) is 0. The third-order valence-electron chi connectivity index (χ3n) is 4.39. The zero-order chi connectivity index (χ0) is 13.9. The van der Waals surface area contributed by atoms with E-state index < -0.39 is 5.97 Å². The summed E-state index contributed by atoms with van der Waals surface area (Å²) in [5.74, 6) is 1.30. The maximum Gasteiger partial charge on any atom is 0.317 e. The van der Waals surface area contributed by atoms with Gasteiger partial charge in [0.2, 0.25) is 0 Å². The fourth-order valence-corrected chi connectivity index (χ4v) is 3.37. The average molecular weight is 255 g/mol. The van der Waals surface area contributed by atoms with Crippen LogP contribution in [0.4, 0.5) is 0 Å². The molecule has 0 aromatic carbocycles. The Kier molecular flexibility index (Phi) is 5.64. The van der Waals surface area contributed by atoms with Gasteiger partial charge in [0.25, 0.3) is 0 Å². The summed E-state index contributed by atoms with van der Waals surface area (Å²) >= 11 is 0. The van der Waals surface area contributed by atoms with E-state index in [4.69, 9.17) is 5.11 Å². The molecule has 1 saturated carbocycles. The topological polar surface area (TPSA) is 40.5 Å². The molecule has 1 rings (SSSR count). The highest BCUT2D eigenvalue weighted by atomic mass is 16.4. The van der Waals surface area contributed by atoms with Crippen LogP contribution < -0.4 is 0 Å². The number of carboxylic acid groups (broad SMARTS) is 1. The van der Waals surface area contributed by atoms with Crippen LogP contribution in [-0.2, 0) is 4.79 Å². The number of carboxylic acids is 1. The lowest BCUT2D eigenvalue weighted by atomic mass is 9.73. The van der Waals surface area contributed by atoms with Crippen molar-refractivity contribution >= 4 is 5.97 Å². The summed E-state index contributed by atoms with van der Waals surface area (Å²) in [6, 6.07) is 0.738. The quantitative estimate of drug-likeness (QED) is 0.820. The lowest BCUT2D eigenvalue weighted by Gasteiger charge is -2.45. The van der Waals surface area contributed by atoms with Gasteiger partial charge in [0.05, 0.1) is 6.54 Å². The van der Waals surface area contributed by atoms with E-state index in [0.717, 1.165) is 12.3 Å². The molecule has 0 spiro atoms. The number of hydrogen-bond donors (Lipinski definition) is 1. The van der Waals surface area contributed by atoms with Crippen LogP contribution in [0.15, 0.2) is 0 Å². The Balaban J connectivity index is 2.85. The van der Waals surface area contributed by atoms with Gasteiger partial charge in [-0.15, -0.1) is 0 Å². The van der Waals surface area contributed by atoms with Crippen molar-refractivity contribution in [3.63, 3.8) is 0 Å². The van der Waals surface area contributed by atoms with E-state index >= 15 is 0 Å². The summed E-state index contributed by atoms with van der Waals surface area (Å²) < 4.78 is 0.